The van der Waals surface area contributed by atoms with Crippen molar-refractivity contribution in [2.24, 2.45) is 0 Å². The summed E-state index contributed by atoms with van der Waals surface area (Å²) in [5.74, 6) is -0.964. The van der Waals surface area contributed by atoms with Crippen LogP contribution in [0.1, 0.15) is 181 Å². The largest absolute Gasteiger partial charge is 0.469 e. The van der Waals surface area contributed by atoms with Gasteiger partial charge in [0.05, 0.1) is 6.61 Å². The zero-order valence-electron chi connectivity index (χ0n) is 32.9. The molecular weight excluding hydrogens is 675 g/mol. The van der Waals surface area contributed by atoms with Gasteiger partial charge in [0.15, 0.2) is 6.10 Å². The van der Waals surface area contributed by atoms with Gasteiger partial charge in [-0.3, -0.25) is 14.1 Å². The first kappa shape index (κ1) is 49.8. The molecule has 0 aliphatic rings. The highest BCUT2D eigenvalue weighted by Gasteiger charge is 2.22. The minimum absolute atomic E-state index is 0.133. The van der Waals surface area contributed by atoms with Gasteiger partial charge in [0.2, 0.25) is 0 Å². The number of phosphoric acid groups is 1. The minimum Gasteiger partial charge on any atom is -0.462 e. The fourth-order valence-electron chi connectivity index (χ4n) is 5.42. The number of hydrogen-bond donors (Lipinski definition) is 2. The van der Waals surface area contributed by atoms with E-state index in [1.54, 1.807) is 0 Å². The molecule has 0 heterocycles. The fourth-order valence-corrected chi connectivity index (χ4v) is 5.78. The normalized spacial score (nSPS) is 13.1. The van der Waals surface area contributed by atoms with Gasteiger partial charge in [-0.15, -0.1) is 0 Å². The highest BCUT2D eigenvalue weighted by molar-refractivity contribution is 7.46. The molecule has 0 aromatic rings. The molecule has 1 atom stereocenters. The maximum Gasteiger partial charge on any atom is 0.469 e. The van der Waals surface area contributed by atoms with Crippen LogP contribution < -0.4 is 0 Å². The van der Waals surface area contributed by atoms with E-state index in [1.165, 1.54) is 83.5 Å². The number of hydrogen-bond acceptors (Lipinski definition) is 6. The second kappa shape index (κ2) is 38.5. The topological polar surface area (TPSA) is 119 Å². The van der Waals surface area contributed by atoms with Gasteiger partial charge in [0.1, 0.15) is 6.61 Å². The number of allylic oxidation sites excluding steroid dienone is 10. The number of phosphoric ester groups is 1. The molecule has 0 bridgehead atoms. The van der Waals surface area contributed by atoms with E-state index in [-0.39, 0.29) is 19.4 Å². The second-order valence-corrected chi connectivity index (χ2v) is 14.8. The van der Waals surface area contributed by atoms with Crippen LogP contribution in [-0.4, -0.2) is 41.0 Å². The summed E-state index contributed by atoms with van der Waals surface area (Å²) in [6.07, 6.45) is 48.1. The van der Waals surface area contributed by atoms with Crippen LogP contribution in [0.15, 0.2) is 60.8 Å². The number of ether oxygens (including phenoxy) is 2. The summed E-state index contributed by atoms with van der Waals surface area (Å²) in [4.78, 5) is 42.7. The molecule has 0 aliphatic heterocycles. The van der Waals surface area contributed by atoms with Crippen molar-refractivity contribution in [2.75, 3.05) is 13.2 Å². The third-order valence-corrected chi connectivity index (χ3v) is 8.99. The Kier molecular flexibility index (Phi) is 36.8. The van der Waals surface area contributed by atoms with Crippen molar-refractivity contribution in [1.29, 1.82) is 0 Å². The van der Waals surface area contributed by atoms with Crippen LogP contribution in [0.3, 0.4) is 0 Å². The van der Waals surface area contributed by atoms with Gasteiger partial charge in [-0.05, 0) is 77.0 Å². The van der Waals surface area contributed by atoms with Crippen molar-refractivity contribution < 1.29 is 37.9 Å². The van der Waals surface area contributed by atoms with Gasteiger partial charge in [-0.25, -0.2) is 4.57 Å². The monoisotopic (exact) mass is 751 g/mol. The van der Waals surface area contributed by atoms with E-state index >= 15 is 0 Å². The first-order valence-corrected chi connectivity index (χ1v) is 22.1. The Morgan fingerprint density at radius 3 is 1.38 bits per heavy atom. The smallest absolute Gasteiger partial charge is 0.462 e. The van der Waals surface area contributed by atoms with Crippen LogP contribution in [0.4, 0.5) is 0 Å². The first-order valence-electron chi connectivity index (χ1n) is 20.6. The fraction of sp³-hybridized carbons (Fsp3) is 0.721. The number of esters is 2. The van der Waals surface area contributed by atoms with Gasteiger partial charge in [0.25, 0.3) is 0 Å². The van der Waals surface area contributed by atoms with Crippen molar-refractivity contribution in [3.05, 3.63) is 60.8 Å². The van der Waals surface area contributed by atoms with E-state index in [1.807, 2.05) is 6.08 Å². The first-order chi connectivity index (χ1) is 25.3. The molecule has 0 rings (SSSR count). The highest BCUT2D eigenvalue weighted by atomic mass is 31.2. The van der Waals surface area contributed by atoms with Gasteiger partial charge >= 0.3 is 19.8 Å². The van der Waals surface area contributed by atoms with Crippen LogP contribution in [0.2, 0.25) is 0 Å². The van der Waals surface area contributed by atoms with Gasteiger partial charge in [-0.1, -0.05) is 152 Å². The maximum absolute atomic E-state index is 12.4. The Hall–Kier alpha value is -2.25. The van der Waals surface area contributed by atoms with E-state index < -0.39 is 32.5 Å². The standard InChI is InChI=1S/C43H75O8P/c1-3-5-7-9-11-13-15-17-18-19-20-21-22-23-24-26-28-30-32-34-36-38-43(45)51-41(40-50-52(46,47)48)39-49-42(44)37-35-33-31-29-27-25-16-14-12-10-8-6-4-2/h14,16,18-19,21-22,24,26,30,32,41H,3-13,15,17,20,23,25,27-29,31,33-40H2,1-2H3,(H2,46,47,48)/b16-14+,19-18+,22-21+,26-24+,32-30+/t41-/m1/s1. The molecule has 0 aliphatic carbocycles. The molecule has 0 aromatic heterocycles. The van der Waals surface area contributed by atoms with Crippen LogP contribution in [0.25, 0.3) is 0 Å². The molecule has 0 saturated carbocycles. The zero-order valence-corrected chi connectivity index (χ0v) is 33.8. The van der Waals surface area contributed by atoms with Crippen molar-refractivity contribution >= 4 is 19.8 Å². The predicted molar refractivity (Wildman–Crippen MR) is 216 cm³/mol. The predicted octanol–water partition coefficient (Wildman–Crippen LogP) is 12.5. The van der Waals surface area contributed by atoms with Crippen LogP contribution >= 0.6 is 7.82 Å². The summed E-state index contributed by atoms with van der Waals surface area (Å²) in [5, 5.41) is 0. The number of unbranched alkanes of at least 4 members (excludes halogenated alkanes) is 17. The Balaban J connectivity index is 4.05. The van der Waals surface area contributed by atoms with Crippen molar-refractivity contribution in [2.45, 2.75) is 187 Å². The average Bonchev–Trinajstić information content (AvgIpc) is 3.11. The van der Waals surface area contributed by atoms with E-state index in [9.17, 15) is 14.2 Å². The average molecular weight is 751 g/mol. The van der Waals surface area contributed by atoms with E-state index in [4.69, 9.17) is 19.3 Å². The molecule has 0 aromatic carbocycles. The molecule has 2 N–H and O–H groups in total. The summed E-state index contributed by atoms with van der Waals surface area (Å²) < 4.78 is 26.3. The summed E-state index contributed by atoms with van der Waals surface area (Å²) in [7, 11) is -4.77. The van der Waals surface area contributed by atoms with Gasteiger partial charge < -0.3 is 19.3 Å². The lowest BCUT2D eigenvalue weighted by atomic mass is 10.1. The van der Waals surface area contributed by atoms with Crippen LogP contribution in [0, 0.1) is 0 Å². The quantitative estimate of drug-likeness (QED) is 0.0279. The Labute approximate surface area is 317 Å². The van der Waals surface area contributed by atoms with Crippen LogP contribution in [0.5, 0.6) is 0 Å². The Morgan fingerprint density at radius 2 is 0.885 bits per heavy atom. The number of carbonyl (C=O) groups is 2. The Morgan fingerprint density at radius 1 is 0.500 bits per heavy atom. The molecule has 8 nitrogen and oxygen atoms in total. The lowest BCUT2D eigenvalue weighted by molar-refractivity contribution is -0.161. The third kappa shape index (κ3) is 40.5. The lowest BCUT2D eigenvalue weighted by Crippen LogP contribution is -2.29. The van der Waals surface area contributed by atoms with Gasteiger partial charge in [-0.2, -0.15) is 0 Å². The van der Waals surface area contributed by atoms with E-state index in [0.717, 1.165) is 51.4 Å². The number of rotatable bonds is 37. The SMILES string of the molecule is CCCCCC/C=C/CCCCCCCC(=O)OC[C@H](COP(=O)(O)O)OC(=O)CCC/C=C/C/C=C/C/C=C/C/C=C/CCCCCCCCC. The number of carbonyl (C=O) groups excluding carboxylic acids is 2. The van der Waals surface area contributed by atoms with Crippen molar-refractivity contribution in [3.63, 3.8) is 0 Å². The molecule has 0 fully saturated rings. The molecule has 0 radical (unpaired) electrons. The zero-order chi connectivity index (χ0) is 38.2. The van der Waals surface area contributed by atoms with Gasteiger partial charge in [0, 0.05) is 12.8 Å². The summed E-state index contributed by atoms with van der Waals surface area (Å²) in [6, 6.07) is 0. The summed E-state index contributed by atoms with van der Waals surface area (Å²) >= 11 is 0. The summed E-state index contributed by atoms with van der Waals surface area (Å²) in [5.41, 5.74) is 0. The third-order valence-electron chi connectivity index (χ3n) is 8.51. The molecule has 52 heavy (non-hydrogen) atoms. The molecule has 0 saturated heterocycles. The molecule has 0 amide bonds. The summed E-state index contributed by atoms with van der Waals surface area (Å²) in [6.45, 7) is 3.61. The highest BCUT2D eigenvalue weighted by Crippen LogP contribution is 2.36. The minimum atomic E-state index is -4.77. The van der Waals surface area contributed by atoms with Crippen molar-refractivity contribution in [3.8, 4) is 0 Å². The second-order valence-electron chi connectivity index (χ2n) is 13.6. The van der Waals surface area contributed by atoms with Crippen LogP contribution in [-0.2, 0) is 28.2 Å². The van der Waals surface area contributed by atoms with Crippen molar-refractivity contribution in [1.82, 2.24) is 0 Å². The molecule has 300 valence electrons. The maximum atomic E-state index is 12.4. The molecule has 0 spiro atoms. The molecular formula is C43H75O8P. The molecule has 9 heteroatoms. The van der Waals surface area contributed by atoms with E-state index in [2.05, 4.69) is 73.1 Å². The molecule has 0 unspecified atom stereocenters. The lowest BCUT2D eigenvalue weighted by Gasteiger charge is -2.18. The Bertz CT molecular complexity index is 1030. The van der Waals surface area contributed by atoms with E-state index in [0.29, 0.717) is 19.3 Å².